The molecule has 1 aliphatic rings. The quantitative estimate of drug-likeness (QED) is 0.845. The molecule has 118 valence electrons. The maximum absolute atomic E-state index is 12.4. The standard InChI is InChI=1S/C15H24N2O3S/c1-12-6-5-9-17(13(12)2)21(18,19)11-10-20-15-8-4-3-7-14(15)16/h3-4,7-8,12-13H,5-6,9-11,16H2,1-2H3. The Hall–Kier alpha value is -1.27. The van der Waals surface area contributed by atoms with E-state index in [-0.39, 0.29) is 18.4 Å². The van der Waals surface area contributed by atoms with Gasteiger partial charge in [0.2, 0.25) is 10.0 Å². The van der Waals surface area contributed by atoms with Crippen molar-refractivity contribution >= 4 is 15.7 Å². The topological polar surface area (TPSA) is 72.6 Å². The lowest BCUT2D eigenvalue weighted by atomic mass is 9.94. The molecule has 5 nitrogen and oxygen atoms in total. The number of piperidine rings is 1. The van der Waals surface area contributed by atoms with Gasteiger partial charge in [0.1, 0.15) is 12.4 Å². The SMILES string of the molecule is CC1CCCN(S(=O)(=O)CCOc2ccccc2N)C1C. The van der Waals surface area contributed by atoms with E-state index in [2.05, 4.69) is 6.92 Å². The Labute approximate surface area is 127 Å². The lowest BCUT2D eigenvalue weighted by Crippen LogP contribution is -2.47. The molecular formula is C15H24N2O3S. The van der Waals surface area contributed by atoms with Crippen molar-refractivity contribution in [3.8, 4) is 5.75 Å². The van der Waals surface area contributed by atoms with Gasteiger partial charge in [-0.3, -0.25) is 0 Å². The van der Waals surface area contributed by atoms with Gasteiger partial charge >= 0.3 is 0 Å². The zero-order valence-electron chi connectivity index (χ0n) is 12.7. The van der Waals surface area contributed by atoms with Crippen LogP contribution in [-0.2, 0) is 10.0 Å². The van der Waals surface area contributed by atoms with Gasteiger partial charge in [-0.15, -0.1) is 0 Å². The highest BCUT2D eigenvalue weighted by atomic mass is 32.2. The van der Waals surface area contributed by atoms with Gasteiger partial charge in [0.15, 0.2) is 0 Å². The molecule has 21 heavy (non-hydrogen) atoms. The first kappa shape index (κ1) is 16.1. The number of rotatable bonds is 5. The molecule has 0 aliphatic carbocycles. The Morgan fingerprint density at radius 2 is 2.05 bits per heavy atom. The number of para-hydroxylation sites is 2. The van der Waals surface area contributed by atoms with Crippen LogP contribution in [0.25, 0.3) is 0 Å². The maximum atomic E-state index is 12.4. The lowest BCUT2D eigenvalue weighted by Gasteiger charge is -2.36. The van der Waals surface area contributed by atoms with Gasteiger partial charge in [0, 0.05) is 12.6 Å². The molecular weight excluding hydrogens is 288 g/mol. The Balaban J connectivity index is 1.94. The summed E-state index contributed by atoms with van der Waals surface area (Å²) in [6, 6.07) is 7.17. The third-order valence-electron chi connectivity index (χ3n) is 4.19. The summed E-state index contributed by atoms with van der Waals surface area (Å²) in [6.45, 7) is 4.82. The zero-order valence-corrected chi connectivity index (χ0v) is 13.5. The summed E-state index contributed by atoms with van der Waals surface area (Å²) < 4.78 is 32.0. The molecule has 2 rings (SSSR count). The van der Waals surface area contributed by atoms with Crippen molar-refractivity contribution in [1.82, 2.24) is 4.31 Å². The predicted octanol–water partition coefficient (Wildman–Crippen LogP) is 2.10. The van der Waals surface area contributed by atoms with Gasteiger partial charge in [0.05, 0.1) is 11.4 Å². The maximum Gasteiger partial charge on any atom is 0.217 e. The van der Waals surface area contributed by atoms with Crippen molar-refractivity contribution in [2.75, 3.05) is 24.6 Å². The van der Waals surface area contributed by atoms with Crippen LogP contribution in [0.2, 0.25) is 0 Å². The van der Waals surface area contributed by atoms with Gasteiger partial charge in [0.25, 0.3) is 0 Å². The number of nitrogen functional groups attached to an aromatic ring is 1. The second-order valence-electron chi connectivity index (χ2n) is 5.67. The molecule has 1 aromatic rings. The first-order valence-electron chi connectivity index (χ1n) is 7.38. The van der Waals surface area contributed by atoms with Crippen LogP contribution in [0.5, 0.6) is 5.75 Å². The number of sulfonamides is 1. The summed E-state index contributed by atoms with van der Waals surface area (Å²) in [4.78, 5) is 0. The fraction of sp³-hybridized carbons (Fsp3) is 0.600. The number of nitrogens with two attached hydrogens (primary N) is 1. The number of benzene rings is 1. The van der Waals surface area contributed by atoms with E-state index in [0.29, 0.717) is 23.9 Å². The molecule has 1 aliphatic heterocycles. The Morgan fingerprint density at radius 1 is 1.33 bits per heavy atom. The van der Waals surface area contributed by atoms with Crippen molar-refractivity contribution in [2.45, 2.75) is 32.7 Å². The van der Waals surface area contributed by atoms with Crippen LogP contribution in [0, 0.1) is 5.92 Å². The van der Waals surface area contributed by atoms with Crippen molar-refractivity contribution in [3.63, 3.8) is 0 Å². The molecule has 6 heteroatoms. The van der Waals surface area contributed by atoms with E-state index in [1.807, 2.05) is 19.1 Å². The van der Waals surface area contributed by atoms with Crippen molar-refractivity contribution in [3.05, 3.63) is 24.3 Å². The van der Waals surface area contributed by atoms with E-state index in [9.17, 15) is 8.42 Å². The Kier molecular flexibility index (Phi) is 5.11. The van der Waals surface area contributed by atoms with Crippen molar-refractivity contribution in [2.24, 2.45) is 5.92 Å². The van der Waals surface area contributed by atoms with Crippen LogP contribution >= 0.6 is 0 Å². The van der Waals surface area contributed by atoms with Gasteiger partial charge in [-0.05, 0) is 37.8 Å². The summed E-state index contributed by atoms with van der Waals surface area (Å²) >= 11 is 0. The molecule has 0 bridgehead atoms. The molecule has 0 radical (unpaired) electrons. The number of nitrogens with zero attached hydrogens (tertiary/aromatic N) is 1. The highest BCUT2D eigenvalue weighted by molar-refractivity contribution is 7.89. The average Bonchev–Trinajstić information content (AvgIpc) is 2.43. The Morgan fingerprint density at radius 3 is 2.76 bits per heavy atom. The molecule has 2 N–H and O–H groups in total. The van der Waals surface area contributed by atoms with Gasteiger partial charge < -0.3 is 10.5 Å². The van der Waals surface area contributed by atoms with E-state index in [0.717, 1.165) is 12.8 Å². The molecule has 1 saturated heterocycles. The first-order chi connectivity index (χ1) is 9.92. The molecule has 2 atom stereocenters. The fourth-order valence-electron chi connectivity index (χ4n) is 2.68. The van der Waals surface area contributed by atoms with Gasteiger partial charge in [-0.2, -0.15) is 4.31 Å². The van der Waals surface area contributed by atoms with Crippen LogP contribution in [0.15, 0.2) is 24.3 Å². The number of ether oxygens (including phenoxy) is 1. The average molecular weight is 312 g/mol. The summed E-state index contributed by atoms with van der Waals surface area (Å²) in [6.07, 6.45) is 2.02. The lowest BCUT2D eigenvalue weighted by molar-refractivity contribution is 0.201. The minimum atomic E-state index is -3.28. The molecule has 0 saturated carbocycles. The van der Waals surface area contributed by atoms with Crippen LogP contribution in [0.4, 0.5) is 5.69 Å². The third-order valence-corrected chi connectivity index (χ3v) is 6.10. The van der Waals surface area contributed by atoms with Crippen molar-refractivity contribution < 1.29 is 13.2 Å². The molecule has 2 unspecified atom stereocenters. The van der Waals surface area contributed by atoms with E-state index in [1.54, 1.807) is 16.4 Å². The van der Waals surface area contributed by atoms with Crippen LogP contribution in [0.3, 0.4) is 0 Å². The fourth-order valence-corrected chi connectivity index (χ4v) is 4.33. The molecule has 0 aromatic heterocycles. The van der Waals surface area contributed by atoms with Crippen LogP contribution in [0.1, 0.15) is 26.7 Å². The predicted molar refractivity (Wildman–Crippen MR) is 84.7 cm³/mol. The second-order valence-corrected chi connectivity index (χ2v) is 7.71. The third kappa shape index (κ3) is 3.89. The first-order valence-corrected chi connectivity index (χ1v) is 8.99. The number of anilines is 1. The smallest absolute Gasteiger partial charge is 0.217 e. The number of hydrogen-bond acceptors (Lipinski definition) is 4. The molecule has 1 fully saturated rings. The van der Waals surface area contributed by atoms with E-state index in [4.69, 9.17) is 10.5 Å². The van der Waals surface area contributed by atoms with Crippen LogP contribution < -0.4 is 10.5 Å². The zero-order chi connectivity index (χ0) is 15.5. The largest absolute Gasteiger partial charge is 0.490 e. The molecule has 1 aromatic carbocycles. The summed E-state index contributed by atoms with van der Waals surface area (Å²) in [5.74, 6) is 0.922. The molecule has 0 amide bonds. The minimum absolute atomic E-state index is 0.0155. The second kappa shape index (κ2) is 6.66. The van der Waals surface area contributed by atoms with E-state index >= 15 is 0 Å². The molecule has 0 spiro atoms. The highest BCUT2D eigenvalue weighted by Crippen LogP contribution is 2.26. The summed E-state index contributed by atoms with van der Waals surface area (Å²) in [5.41, 5.74) is 6.29. The van der Waals surface area contributed by atoms with Crippen LogP contribution in [-0.4, -0.2) is 37.7 Å². The van der Waals surface area contributed by atoms with Gasteiger partial charge in [-0.1, -0.05) is 19.1 Å². The van der Waals surface area contributed by atoms with Crippen molar-refractivity contribution in [1.29, 1.82) is 0 Å². The molecule has 1 heterocycles. The van der Waals surface area contributed by atoms with E-state index < -0.39 is 10.0 Å². The summed E-state index contributed by atoms with van der Waals surface area (Å²) in [5, 5.41) is 0. The summed E-state index contributed by atoms with van der Waals surface area (Å²) in [7, 11) is -3.28. The Bertz CT molecular complexity index is 574. The number of hydrogen-bond donors (Lipinski definition) is 1. The normalized spacial score (nSPS) is 23.9. The monoisotopic (exact) mass is 312 g/mol. The van der Waals surface area contributed by atoms with Gasteiger partial charge in [-0.25, -0.2) is 8.42 Å². The highest BCUT2D eigenvalue weighted by Gasteiger charge is 2.33. The van der Waals surface area contributed by atoms with E-state index in [1.165, 1.54) is 0 Å². The minimum Gasteiger partial charge on any atom is -0.490 e.